The topological polar surface area (TPSA) is 72.6 Å². The quantitative estimate of drug-likeness (QED) is 0.880. The minimum Gasteiger partial charge on any atom is -0.433 e. The summed E-state index contributed by atoms with van der Waals surface area (Å²) in [6, 6.07) is 3.29. The normalized spacial score (nSPS) is 23.2. The fourth-order valence-electron chi connectivity index (χ4n) is 2.58. The van der Waals surface area contributed by atoms with Crippen LogP contribution in [0, 0.1) is 5.92 Å². The monoisotopic (exact) mass is 354 g/mol. The Kier molecular flexibility index (Phi) is 5.26. The molecule has 1 aliphatic rings. The van der Waals surface area contributed by atoms with Crippen LogP contribution >= 0.6 is 11.6 Å². The van der Waals surface area contributed by atoms with Gasteiger partial charge in [0.1, 0.15) is 5.75 Å². The number of hydrogen-bond acceptors (Lipinski definition) is 4. The average molecular weight is 355 g/mol. The summed E-state index contributed by atoms with van der Waals surface area (Å²) in [5, 5.41) is -0.177. The van der Waals surface area contributed by atoms with Gasteiger partial charge in [0.25, 0.3) is 0 Å². The minimum atomic E-state index is -3.75. The number of ether oxygens (including phenoxy) is 1. The van der Waals surface area contributed by atoms with Crippen LogP contribution in [0.5, 0.6) is 5.75 Å². The lowest BCUT2D eigenvalue weighted by atomic mass is 10.1. The van der Waals surface area contributed by atoms with Crippen molar-refractivity contribution in [2.24, 2.45) is 11.7 Å². The van der Waals surface area contributed by atoms with Crippen molar-refractivity contribution < 1.29 is 21.9 Å². The van der Waals surface area contributed by atoms with Crippen LogP contribution < -0.4 is 10.5 Å². The van der Waals surface area contributed by atoms with Crippen molar-refractivity contribution in [3.05, 3.63) is 23.2 Å². The van der Waals surface area contributed by atoms with Gasteiger partial charge in [-0.05, 0) is 44.0 Å². The molecule has 9 heteroatoms. The highest BCUT2D eigenvalue weighted by atomic mass is 35.5. The number of halogens is 3. The van der Waals surface area contributed by atoms with Crippen molar-refractivity contribution in [3.8, 4) is 5.75 Å². The summed E-state index contributed by atoms with van der Waals surface area (Å²) in [5.74, 6) is -0.147. The fourth-order valence-corrected chi connectivity index (χ4v) is 4.62. The maximum absolute atomic E-state index is 12.6. The van der Waals surface area contributed by atoms with Gasteiger partial charge in [0.05, 0.1) is 9.92 Å². The van der Waals surface area contributed by atoms with E-state index in [-0.39, 0.29) is 27.6 Å². The van der Waals surface area contributed by atoms with Crippen LogP contribution in [-0.2, 0) is 10.0 Å². The molecule has 1 fully saturated rings. The summed E-state index contributed by atoms with van der Waals surface area (Å²) >= 11 is 5.82. The van der Waals surface area contributed by atoms with Gasteiger partial charge in [0.15, 0.2) is 0 Å². The van der Waals surface area contributed by atoms with Crippen LogP contribution in [0.3, 0.4) is 0 Å². The van der Waals surface area contributed by atoms with Crippen molar-refractivity contribution in [1.29, 1.82) is 0 Å². The first kappa shape index (κ1) is 17.4. The summed E-state index contributed by atoms with van der Waals surface area (Å²) < 4.78 is 55.2. The molecule has 0 bridgehead atoms. The zero-order chi connectivity index (χ0) is 16.5. The molecular weight excluding hydrogens is 338 g/mol. The van der Waals surface area contributed by atoms with Gasteiger partial charge >= 0.3 is 6.61 Å². The zero-order valence-corrected chi connectivity index (χ0v) is 13.4. The smallest absolute Gasteiger partial charge is 0.387 e. The molecule has 2 atom stereocenters. The number of nitrogens with zero attached hydrogens (tertiary/aromatic N) is 1. The van der Waals surface area contributed by atoms with E-state index in [0.29, 0.717) is 19.5 Å². The second-order valence-electron chi connectivity index (χ2n) is 5.23. The molecule has 124 valence electrons. The Morgan fingerprint density at radius 3 is 2.68 bits per heavy atom. The standard InChI is InChI=1S/C13H17ClF2N2O3S/c1-8-4-9(6-17)7-18(8)22(19,20)10-2-3-12(11(14)5-10)21-13(15)16/h2-3,5,8-9,13H,4,6-7,17H2,1H3. The van der Waals surface area contributed by atoms with Crippen LogP contribution in [0.15, 0.2) is 23.1 Å². The van der Waals surface area contributed by atoms with Gasteiger partial charge in [-0.25, -0.2) is 8.42 Å². The second kappa shape index (κ2) is 6.66. The van der Waals surface area contributed by atoms with E-state index in [9.17, 15) is 17.2 Å². The first-order valence-corrected chi connectivity index (χ1v) is 8.53. The fraction of sp³-hybridized carbons (Fsp3) is 0.538. The van der Waals surface area contributed by atoms with E-state index < -0.39 is 16.6 Å². The molecule has 0 radical (unpaired) electrons. The van der Waals surface area contributed by atoms with Crippen molar-refractivity contribution in [2.75, 3.05) is 13.1 Å². The molecule has 2 rings (SSSR count). The molecule has 22 heavy (non-hydrogen) atoms. The average Bonchev–Trinajstić information content (AvgIpc) is 2.82. The van der Waals surface area contributed by atoms with Crippen LogP contribution in [0.1, 0.15) is 13.3 Å². The lowest BCUT2D eigenvalue weighted by Gasteiger charge is -2.21. The molecule has 1 aromatic rings. The number of rotatable bonds is 5. The molecule has 0 amide bonds. The Morgan fingerprint density at radius 1 is 1.50 bits per heavy atom. The van der Waals surface area contributed by atoms with E-state index in [1.165, 1.54) is 10.4 Å². The third-order valence-corrected chi connectivity index (χ3v) is 5.93. The lowest BCUT2D eigenvalue weighted by molar-refractivity contribution is -0.0498. The van der Waals surface area contributed by atoms with Gasteiger partial charge < -0.3 is 10.5 Å². The number of benzene rings is 1. The summed E-state index contributed by atoms with van der Waals surface area (Å²) in [7, 11) is -3.75. The molecule has 1 heterocycles. The van der Waals surface area contributed by atoms with E-state index in [4.69, 9.17) is 17.3 Å². The van der Waals surface area contributed by atoms with Crippen molar-refractivity contribution in [3.63, 3.8) is 0 Å². The number of hydrogen-bond donors (Lipinski definition) is 1. The summed E-state index contributed by atoms with van der Waals surface area (Å²) in [4.78, 5) is -0.0522. The van der Waals surface area contributed by atoms with Gasteiger partial charge in [0.2, 0.25) is 10.0 Å². The Bertz CT molecular complexity index is 642. The predicted molar refractivity (Wildman–Crippen MR) is 78.6 cm³/mol. The van der Waals surface area contributed by atoms with E-state index in [1.54, 1.807) is 0 Å². The van der Waals surface area contributed by atoms with Gasteiger partial charge in [-0.1, -0.05) is 11.6 Å². The summed E-state index contributed by atoms with van der Waals surface area (Å²) in [6.45, 7) is -0.460. The van der Waals surface area contributed by atoms with Crippen molar-refractivity contribution in [1.82, 2.24) is 4.31 Å². The molecule has 2 N–H and O–H groups in total. The maximum Gasteiger partial charge on any atom is 0.387 e. The number of sulfonamides is 1. The molecule has 0 saturated carbocycles. The summed E-state index contributed by atoms with van der Waals surface area (Å²) in [5.41, 5.74) is 5.60. The number of alkyl halides is 2. The molecule has 0 aromatic heterocycles. The van der Waals surface area contributed by atoms with Crippen molar-refractivity contribution >= 4 is 21.6 Å². The third-order valence-electron chi connectivity index (χ3n) is 3.66. The molecule has 1 saturated heterocycles. The van der Waals surface area contributed by atoms with Gasteiger partial charge in [-0.2, -0.15) is 13.1 Å². The highest BCUT2D eigenvalue weighted by Crippen LogP contribution is 2.33. The maximum atomic E-state index is 12.6. The molecule has 1 aliphatic heterocycles. The molecule has 2 unspecified atom stereocenters. The van der Waals surface area contributed by atoms with E-state index in [0.717, 1.165) is 12.1 Å². The lowest BCUT2D eigenvalue weighted by Crippen LogP contribution is -2.34. The van der Waals surface area contributed by atoms with Gasteiger partial charge in [-0.15, -0.1) is 0 Å². The van der Waals surface area contributed by atoms with Crippen LogP contribution in [-0.4, -0.2) is 38.5 Å². The van der Waals surface area contributed by atoms with Crippen LogP contribution in [0.2, 0.25) is 5.02 Å². The van der Waals surface area contributed by atoms with Crippen molar-refractivity contribution in [2.45, 2.75) is 30.9 Å². The van der Waals surface area contributed by atoms with Gasteiger partial charge in [0, 0.05) is 12.6 Å². The summed E-state index contributed by atoms with van der Waals surface area (Å²) in [6.07, 6.45) is 0.691. The number of nitrogens with two attached hydrogens (primary N) is 1. The Morgan fingerprint density at radius 2 is 2.18 bits per heavy atom. The molecular formula is C13H17ClF2N2O3S. The van der Waals surface area contributed by atoms with E-state index in [2.05, 4.69) is 4.74 Å². The highest BCUT2D eigenvalue weighted by molar-refractivity contribution is 7.89. The second-order valence-corrected chi connectivity index (χ2v) is 7.53. The first-order chi connectivity index (χ1) is 10.3. The Labute approximate surface area is 133 Å². The van der Waals surface area contributed by atoms with Crippen LogP contribution in [0.25, 0.3) is 0 Å². The first-order valence-electron chi connectivity index (χ1n) is 6.72. The molecule has 1 aromatic carbocycles. The van der Waals surface area contributed by atoms with E-state index >= 15 is 0 Å². The predicted octanol–water partition coefficient (Wildman–Crippen LogP) is 2.30. The van der Waals surface area contributed by atoms with Crippen LogP contribution in [0.4, 0.5) is 8.78 Å². The van der Waals surface area contributed by atoms with Gasteiger partial charge in [-0.3, -0.25) is 0 Å². The molecule has 0 spiro atoms. The Balaban J connectivity index is 2.28. The SMILES string of the molecule is CC1CC(CN)CN1S(=O)(=O)c1ccc(OC(F)F)c(Cl)c1. The third kappa shape index (κ3) is 3.51. The van der Waals surface area contributed by atoms with E-state index in [1.807, 2.05) is 6.92 Å². The highest BCUT2D eigenvalue weighted by Gasteiger charge is 2.37. The largest absolute Gasteiger partial charge is 0.433 e. The minimum absolute atomic E-state index is 0.0522. The Hall–Kier alpha value is -0.960. The molecule has 5 nitrogen and oxygen atoms in total. The zero-order valence-electron chi connectivity index (χ0n) is 11.9. The molecule has 0 aliphatic carbocycles.